The van der Waals surface area contributed by atoms with Crippen LogP contribution >= 0.6 is 15.9 Å². The normalized spacial score (nSPS) is 12.6. The van der Waals surface area contributed by atoms with Gasteiger partial charge in [-0.15, -0.1) is 0 Å². The quantitative estimate of drug-likeness (QED) is 0.760. The molecular formula is C17H15BrN2. The Hall–Kier alpha value is -1.71. The van der Waals surface area contributed by atoms with Crippen LogP contribution in [0.25, 0.3) is 10.9 Å². The second kappa shape index (κ2) is 5.35. The predicted octanol–water partition coefficient (Wildman–Crippen LogP) is 4.35. The minimum absolute atomic E-state index is 0.169. The van der Waals surface area contributed by atoms with E-state index in [-0.39, 0.29) is 6.04 Å². The fourth-order valence-electron chi connectivity index (χ4n) is 2.45. The summed E-state index contributed by atoms with van der Waals surface area (Å²) < 4.78 is 1.05. The number of hydrogen-bond donors (Lipinski definition) is 1. The summed E-state index contributed by atoms with van der Waals surface area (Å²) in [5.74, 6) is 0. The second-order valence-electron chi connectivity index (χ2n) is 4.92. The Bertz CT molecular complexity index is 763. The van der Waals surface area contributed by atoms with Gasteiger partial charge in [-0.2, -0.15) is 0 Å². The van der Waals surface area contributed by atoms with Gasteiger partial charge in [0.1, 0.15) is 0 Å². The lowest BCUT2D eigenvalue weighted by Gasteiger charge is -2.17. The van der Waals surface area contributed by atoms with Gasteiger partial charge in [0.15, 0.2) is 0 Å². The number of nitrogens with two attached hydrogens (primary N) is 1. The molecule has 0 saturated heterocycles. The fraction of sp³-hybridized carbons (Fsp3) is 0.118. The molecule has 0 fully saturated rings. The van der Waals surface area contributed by atoms with Crippen LogP contribution in [0.5, 0.6) is 0 Å². The Balaban J connectivity index is 2.15. The first-order chi connectivity index (χ1) is 9.66. The molecule has 3 rings (SSSR count). The highest BCUT2D eigenvalue weighted by Crippen LogP contribution is 2.31. The molecule has 0 aliphatic heterocycles. The molecule has 0 aliphatic carbocycles. The molecule has 3 aromatic rings. The maximum absolute atomic E-state index is 6.48. The summed E-state index contributed by atoms with van der Waals surface area (Å²) in [7, 11) is 0. The third-order valence-corrected chi connectivity index (χ3v) is 4.19. The van der Waals surface area contributed by atoms with E-state index in [1.165, 1.54) is 5.56 Å². The lowest BCUT2D eigenvalue weighted by molar-refractivity contribution is 0.873. The Morgan fingerprint density at radius 3 is 2.70 bits per heavy atom. The molecule has 1 unspecified atom stereocenters. The largest absolute Gasteiger partial charge is 0.320 e. The zero-order valence-corrected chi connectivity index (χ0v) is 12.8. The molecule has 0 radical (unpaired) electrons. The molecule has 3 heteroatoms. The van der Waals surface area contributed by atoms with Crippen LogP contribution in [0, 0.1) is 6.92 Å². The number of aryl methyl sites for hydroxylation is 1. The third-order valence-electron chi connectivity index (χ3n) is 3.51. The van der Waals surface area contributed by atoms with Gasteiger partial charge in [0.05, 0.1) is 11.6 Å². The van der Waals surface area contributed by atoms with Crippen LogP contribution in [-0.2, 0) is 0 Å². The summed E-state index contributed by atoms with van der Waals surface area (Å²) >= 11 is 3.61. The molecule has 2 N–H and O–H groups in total. The van der Waals surface area contributed by atoms with Crippen molar-refractivity contribution < 1.29 is 0 Å². The Labute approximate surface area is 126 Å². The van der Waals surface area contributed by atoms with Crippen LogP contribution in [0.4, 0.5) is 0 Å². The number of benzene rings is 2. The summed E-state index contributed by atoms with van der Waals surface area (Å²) in [5, 5.41) is 1.11. The van der Waals surface area contributed by atoms with Gasteiger partial charge < -0.3 is 5.73 Å². The molecule has 0 amide bonds. The zero-order chi connectivity index (χ0) is 14.1. The molecule has 0 spiro atoms. The van der Waals surface area contributed by atoms with Crippen LogP contribution in [0.2, 0.25) is 0 Å². The van der Waals surface area contributed by atoms with Crippen molar-refractivity contribution in [2.24, 2.45) is 5.73 Å². The van der Waals surface area contributed by atoms with Crippen molar-refractivity contribution in [1.29, 1.82) is 0 Å². The zero-order valence-electron chi connectivity index (χ0n) is 11.2. The molecule has 1 aromatic heterocycles. The smallest absolute Gasteiger partial charge is 0.0705 e. The number of nitrogens with zero attached hydrogens (tertiary/aromatic N) is 1. The van der Waals surface area contributed by atoms with Crippen molar-refractivity contribution in [3.05, 3.63) is 75.9 Å². The van der Waals surface area contributed by atoms with Crippen molar-refractivity contribution in [3.63, 3.8) is 0 Å². The van der Waals surface area contributed by atoms with Gasteiger partial charge in [0.2, 0.25) is 0 Å². The van der Waals surface area contributed by atoms with Crippen LogP contribution in [-0.4, -0.2) is 4.98 Å². The Morgan fingerprint density at radius 1 is 1.05 bits per heavy atom. The number of aromatic nitrogens is 1. The van der Waals surface area contributed by atoms with E-state index < -0.39 is 0 Å². The summed E-state index contributed by atoms with van der Waals surface area (Å²) in [6.45, 7) is 2.07. The second-order valence-corrected chi connectivity index (χ2v) is 5.77. The average molecular weight is 327 g/mol. The molecule has 0 bridgehead atoms. The molecule has 20 heavy (non-hydrogen) atoms. The average Bonchev–Trinajstić information content (AvgIpc) is 2.46. The van der Waals surface area contributed by atoms with Crippen molar-refractivity contribution in [3.8, 4) is 0 Å². The first-order valence-electron chi connectivity index (χ1n) is 6.52. The molecule has 2 nitrogen and oxygen atoms in total. The lowest BCUT2D eigenvalue weighted by atomic mass is 9.95. The summed E-state index contributed by atoms with van der Waals surface area (Å²) in [6.07, 6.45) is 1.80. The molecular weight excluding hydrogens is 312 g/mol. The van der Waals surface area contributed by atoms with E-state index in [0.29, 0.717) is 0 Å². The van der Waals surface area contributed by atoms with Crippen LogP contribution in [0.3, 0.4) is 0 Å². The van der Waals surface area contributed by atoms with Crippen molar-refractivity contribution >= 4 is 26.8 Å². The van der Waals surface area contributed by atoms with E-state index in [9.17, 15) is 0 Å². The van der Waals surface area contributed by atoms with E-state index >= 15 is 0 Å². The van der Waals surface area contributed by atoms with Crippen molar-refractivity contribution in [2.75, 3.05) is 0 Å². The van der Waals surface area contributed by atoms with E-state index in [1.807, 2.05) is 18.2 Å². The number of pyridine rings is 1. The number of fused-ring (bicyclic) bond motifs is 1. The Kier molecular flexibility index (Phi) is 3.55. The van der Waals surface area contributed by atoms with Gasteiger partial charge in [-0.25, -0.2) is 0 Å². The minimum atomic E-state index is -0.169. The highest BCUT2D eigenvalue weighted by atomic mass is 79.9. The molecule has 1 heterocycles. The third kappa shape index (κ3) is 2.35. The van der Waals surface area contributed by atoms with Gasteiger partial charge in [-0.1, -0.05) is 46.3 Å². The summed E-state index contributed by atoms with van der Waals surface area (Å²) in [6, 6.07) is 16.2. The van der Waals surface area contributed by atoms with E-state index in [4.69, 9.17) is 5.73 Å². The van der Waals surface area contributed by atoms with Gasteiger partial charge in [-0.3, -0.25) is 4.98 Å². The van der Waals surface area contributed by atoms with E-state index in [1.54, 1.807) is 6.20 Å². The molecule has 100 valence electrons. The van der Waals surface area contributed by atoms with Crippen LogP contribution < -0.4 is 5.73 Å². The summed E-state index contributed by atoms with van der Waals surface area (Å²) in [5.41, 5.74) is 10.9. The fourth-order valence-corrected chi connectivity index (χ4v) is 3.19. The maximum atomic E-state index is 6.48. The minimum Gasteiger partial charge on any atom is -0.320 e. The molecule has 1 atom stereocenters. The topological polar surface area (TPSA) is 38.9 Å². The van der Waals surface area contributed by atoms with Gasteiger partial charge in [0, 0.05) is 16.1 Å². The van der Waals surface area contributed by atoms with Crippen molar-refractivity contribution in [2.45, 2.75) is 13.0 Å². The van der Waals surface area contributed by atoms with Gasteiger partial charge >= 0.3 is 0 Å². The Morgan fingerprint density at radius 2 is 1.90 bits per heavy atom. The number of rotatable bonds is 2. The monoisotopic (exact) mass is 326 g/mol. The highest BCUT2D eigenvalue weighted by molar-refractivity contribution is 9.10. The first kappa shape index (κ1) is 13.3. The predicted molar refractivity (Wildman–Crippen MR) is 86.7 cm³/mol. The highest BCUT2D eigenvalue weighted by Gasteiger charge is 2.14. The summed E-state index contributed by atoms with van der Waals surface area (Å²) in [4.78, 5) is 4.39. The van der Waals surface area contributed by atoms with Crippen molar-refractivity contribution in [1.82, 2.24) is 4.98 Å². The molecule has 2 aromatic carbocycles. The van der Waals surface area contributed by atoms with E-state index in [2.05, 4.69) is 58.2 Å². The molecule has 0 saturated carbocycles. The van der Waals surface area contributed by atoms with E-state index in [0.717, 1.165) is 26.5 Å². The van der Waals surface area contributed by atoms with Crippen LogP contribution in [0.15, 0.2) is 59.2 Å². The van der Waals surface area contributed by atoms with Gasteiger partial charge in [-0.05, 0) is 41.8 Å². The standard InChI is InChI=1S/C17H15BrN2/c1-11-7-8-14(15(18)10-11)17(19)13-4-2-6-16-12(13)5-3-9-20-16/h2-10,17H,19H2,1H3. The first-order valence-corrected chi connectivity index (χ1v) is 7.31. The van der Waals surface area contributed by atoms with Gasteiger partial charge in [0.25, 0.3) is 0 Å². The van der Waals surface area contributed by atoms with Crippen LogP contribution in [0.1, 0.15) is 22.7 Å². The SMILES string of the molecule is Cc1ccc(C(N)c2cccc3ncccc23)c(Br)c1. The maximum Gasteiger partial charge on any atom is 0.0705 e. The number of halogens is 1. The number of hydrogen-bond acceptors (Lipinski definition) is 2. The molecule has 0 aliphatic rings. The lowest BCUT2D eigenvalue weighted by Crippen LogP contribution is -2.13.